The molecule has 0 radical (unpaired) electrons. The summed E-state index contributed by atoms with van der Waals surface area (Å²) in [4.78, 5) is 40.9. The first-order valence-corrected chi connectivity index (χ1v) is 11.3. The fourth-order valence-electron chi connectivity index (χ4n) is 4.13. The lowest BCUT2D eigenvalue weighted by Gasteiger charge is -2.28. The van der Waals surface area contributed by atoms with Crippen molar-refractivity contribution in [3.05, 3.63) is 76.4 Å². The number of nitrogens with zero attached hydrogens (tertiary/aromatic N) is 4. The molecule has 3 aromatic rings. The molecule has 9 heteroatoms. The normalized spacial score (nSPS) is 14.5. The zero-order valence-corrected chi connectivity index (χ0v) is 19.7. The van der Waals surface area contributed by atoms with E-state index >= 15 is 0 Å². The lowest BCUT2D eigenvalue weighted by molar-refractivity contribution is 0.0957. The van der Waals surface area contributed by atoms with Crippen LogP contribution < -0.4 is 15.6 Å². The maximum Gasteiger partial charge on any atom is 0.259 e. The highest BCUT2D eigenvalue weighted by molar-refractivity contribution is 6.04. The highest BCUT2D eigenvalue weighted by atomic mass is 16.5. The van der Waals surface area contributed by atoms with Gasteiger partial charge in [0.1, 0.15) is 17.0 Å². The van der Waals surface area contributed by atoms with E-state index in [2.05, 4.69) is 40.1 Å². The molecule has 1 fully saturated rings. The molecule has 4 rings (SSSR count). The van der Waals surface area contributed by atoms with Gasteiger partial charge in [0.05, 0.1) is 42.2 Å². The molecule has 0 saturated carbocycles. The number of ether oxygens (including phenoxy) is 1. The monoisotopic (exact) mass is 472 g/mol. The zero-order valence-electron chi connectivity index (χ0n) is 19.7. The number of pyridine rings is 2. The summed E-state index contributed by atoms with van der Waals surface area (Å²) in [5.74, 6) is 0.212. The number of morpholine rings is 1. The Morgan fingerprint density at radius 2 is 2.09 bits per heavy atom. The minimum absolute atomic E-state index is 0.0145. The number of carbonyl (C=O) groups is 1. The molecule has 1 saturated heterocycles. The van der Waals surface area contributed by atoms with Gasteiger partial charge in [0.2, 0.25) is 5.43 Å². The van der Waals surface area contributed by atoms with E-state index in [0.717, 1.165) is 11.5 Å². The van der Waals surface area contributed by atoms with Gasteiger partial charge in [-0.15, -0.1) is 0 Å². The number of nitrogens with one attached hydrogen (secondary N) is 2. The maximum absolute atomic E-state index is 13.6. The quantitative estimate of drug-likeness (QED) is 0.387. The average Bonchev–Trinajstić information content (AvgIpc) is 3.25. The molecule has 0 aromatic carbocycles. The highest BCUT2D eigenvalue weighted by Gasteiger charge is 2.24. The number of aromatic nitrogens is 3. The first-order valence-electron chi connectivity index (χ1n) is 11.3. The summed E-state index contributed by atoms with van der Waals surface area (Å²) in [6.07, 6.45) is 8.62. The molecule has 0 bridgehead atoms. The van der Waals surface area contributed by atoms with Gasteiger partial charge in [0, 0.05) is 13.1 Å². The summed E-state index contributed by atoms with van der Waals surface area (Å²) in [6.45, 7) is 15.7. The summed E-state index contributed by atoms with van der Waals surface area (Å²) in [5.41, 5.74) is 2.31. The molecule has 1 aliphatic heterocycles. The van der Waals surface area contributed by atoms with E-state index in [4.69, 9.17) is 9.72 Å². The standard InChI is InChI=1S/C26H28N6O3/c1-5-8-17(27-4)16-28-26(34)22-23(33)18-10-11-21(31-12-14-35-15-13-31)30-24(18)32-20(9-6-2)19(7-3)29-25(22)32/h5-11,29H,1,3-4,12-16H2,2H3,(H,28,34)/b9-6-,17-8-. The van der Waals surface area contributed by atoms with Gasteiger partial charge in [-0.1, -0.05) is 25.3 Å². The number of allylic oxidation sites excluding steroid dienone is 3. The predicted molar refractivity (Wildman–Crippen MR) is 141 cm³/mol. The zero-order chi connectivity index (χ0) is 24.9. The molecular weight excluding hydrogens is 444 g/mol. The van der Waals surface area contributed by atoms with Crippen molar-refractivity contribution >= 4 is 47.3 Å². The number of rotatable bonds is 8. The van der Waals surface area contributed by atoms with Gasteiger partial charge in [0.25, 0.3) is 5.91 Å². The van der Waals surface area contributed by atoms with Crippen LogP contribution >= 0.6 is 0 Å². The van der Waals surface area contributed by atoms with Crippen LogP contribution in [0.1, 0.15) is 28.7 Å². The maximum atomic E-state index is 13.6. The molecule has 0 spiro atoms. The van der Waals surface area contributed by atoms with Crippen LogP contribution in [0.2, 0.25) is 0 Å². The van der Waals surface area contributed by atoms with Crippen LogP contribution in [-0.4, -0.2) is 59.8 Å². The van der Waals surface area contributed by atoms with E-state index in [1.165, 1.54) is 0 Å². The van der Waals surface area contributed by atoms with Gasteiger partial charge in [-0.25, -0.2) is 4.98 Å². The van der Waals surface area contributed by atoms with E-state index in [-0.39, 0.29) is 12.1 Å². The summed E-state index contributed by atoms with van der Waals surface area (Å²) >= 11 is 0. The van der Waals surface area contributed by atoms with Crippen LogP contribution in [0.3, 0.4) is 0 Å². The molecule has 2 N–H and O–H groups in total. The topological polar surface area (TPSA) is 104 Å². The van der Waals surface area contributed by atoms with E-state index in [9.17, 15) is 9.59 Å². The van der Waals surface area contributed by atoms with Crippen molar-refractivity contribution < 1.29 is 9.53 Å². The fraction of sp³-hybridized carbons (Fsp3) is 0.231. The van der Waals surface area contributed by atoms with Crippen molar-refractivity contribution in [3.8, 4) is 0 Å². The molecule has 35 heavy (non-hydrogen) atoms. The molecule has 3 aromatic heterocycles. The molecule has 0 unspecified atom stereocenters. The summed E-state index contributed by atoms with van der Waals surface area (Å²) in [7, 11) is 0. The van der Waals surface area contributed by atoms with Crippen molar-refractivity contribution in [2.75, 3.05) is 37.7 Å². The number of fused-ring (bicyclic) bond motifs is 3. The highest BCUT2D eigenvalue weighted by Crippen LogP contribution is 2.25. The third-order valence-corrected chi connectivity index (χ3v) is 5.81. The van der Waals surface area contributed by atoms with E-state index in [1.54, 1.807) is 28.7 Å². The van der Waals surface area contributed by atoms with E-state index in [1.807, 2.05) is 25.1 Å². The van der Waals surface area contributed by atoms with Gasteiger partial charge < -0.3 is 19.9 Å². The second-order valence-electron chi connectivity index (χ2n) is 7.89. The van der Waals surface area contributed by atoms with Gasteiger partial charge in [0.15, 0.2) is 5.65 Å². The van der Waals surface area contributed by atoms with Crippen LogP contribution in [-0.2, 0) is 4.74 Å². The molecule has 9 nitrogen and oxygen atoms in total. The minimum Gasteiger partial charge on any atom is -0.378 e. The van der Waals surface area contributed by atoms with Crippen molar-refractivity contribution in [1.29, 1.82) is 0 Å². The van der Waals surface area contributed by atoms with Gasteiger partial charge in [-0.2, -0.15) is 0 Å². The molecule has 180 valence electrons. The number of H-pyrrole nitrogens is 1. The number of carbonyl (C=O) groups excluding carboxylic acids is 1. The second-order valence-corrected chi connectivity index (χ2v) is 7.89. The lowest BCUT2D eigenvalue weighted by Crippen LogP contribution is -2.37. The Hall–Kier alpha value is -4.24. The SMILES string of the molecule is C=C/C=C(/CNC(=O)c1c(=O)c2ccc(N3CCOCC3)nc2n2c(/C=C\C)c(C=C)[nH]c12)N=C. The Morgan fingerprint density at radius 1 is 1.31 bits per heavy atom. The number of amides is 1. The Morgan fingerprint density at radius 3 is 2.74 bits per heavy atom. The van der Waals surface area contributed by atoms with Gasteiger partial charge in [-0.3, -0.25) is 19.0 Å². The number of hydrogen-bond donors (Lipinski definition) is 2. The Balaban J connectivity index is 1.96. The molecular formula is C26H28N6O3. The van der Waals surface area contributed by atoms with E-state index < -0.39 is 11.3 Å². The summed E-state index contributed by atoms with van der Waals surface area (Å²) < 4.78 is 7.26. The number of hydrogen-bond acceptors (Lipinski definition) is 6. The van der Waals surface area contributed by atoms with E-state index in [0.29, 0.717) is 54.4 Å². The number of anilines is 1. The van der Waals surface area contributed by atoms with Crippen LogP contribution in [0.5, 0.6) is 0 Å². The minimum atomic E-state index is -0.533. The molecule has 0 aliphatic carbocycles. The van der Waals surface area contributed by atoms with Crippen molar-refractivity contribution in [1.82, 2.24) is 19.7 Å². The Labute approximate surface area is 202 Å². The van der Waals surface area contributed by atoms with Crippen LogP contribution in [0.4, 0.5) is 5.82 Å². The average molecular weight is 473 g/mol. The van der Waals surface area contributed by atoms with Crippen LogP contribution in [0, 0.1) is 0 Å². The third-order valence-electron chi connectivity index (χ3n) is 5.81. The lowest BCUT2D eigenvalue weighted by atomic mass is 10.1. The van der Waals surface area contributed by atoms with Crippen molar-refractivity contribution in [2.45, 2.75) is 6.92 Å². The third kappa shape index (κ3) is 4.45. The largest absolute Gasteiger partial charge is 0.378 e. The number of aliphatic imine (C=N–C) groups is 1. The Kier molecular flexibility index (Phi) is 7.07. The Bertz CT molecular complexity index is 1440. The molecule has 4 heterocycles. The summed E-state index contributed by atoms with van der Waals surface area (Å²) in [6, 6.07) is 3.54. The smallest absolute Gasteiger partial charge is 0.259 e. The van der Waals surface area contributed by atoms with Crippen LogP contribution in [0.15, 0.2) is 59.0 Å². The predicted octanol–water partition coefficient (Wildman–Crippen LogP) is 3.19. The second kappa shape index (κ2) is 10.4. The summed E-state index contributed by atoms with van der Waals surface area (Å²) in [5, 5.41) is 3.11. The fourth-order valence-corrected chi connectivity index (χ4v) is 4.13. The number of imidazole rings is 1. The first-order chi connectivity index (χ1) is 17.0. The van der Waals surface area contributed by atoms with Gasteiger partial charge in [-0.05, 0) is 44.0 Å². The van der Waals surface area contributed by atoms with Crippen LogP contribution in [0.25, 0.3) is 28.8 Å². The van der Waals surface area contributed by atoms with Gasteiger partial charge >= 0.3 is 0 Å². The van der Waals surface area contributed by atoms with Crippen molar-refractivity contribution in [3.63, 3.8) is 0 Å². The molecule has 1 aliphatic rings. The molecule has 1 amide bonds. The number of aromatic amines is 1. The van der Waals surface area contributed by atoms with Crippen molar-refractivity contribution in [2.24, 2.45) is 4.99 Å². The first kappa shape index (κ1) is 23.9. The molecule has 0 atom stereocenters.